The number of hydrogen-bond donors (Lipinski definition) is 1. The number of unbranched alkanes of at least 4 members (excludes halogenated alkanes) is 3. The van der Waals surface area contributed by atoms with E-state index in [2.05, 4.69) is 11.5 Å². The van der Waals surface area contributed by atoms with Gasteiger partial charge in [0, 0.05) is 6.54 Å². The fraction of sp³-hybridized carbons (Fsp3) is 0.846. The highest BCUT2D eigenvalue weighted by Crippen LogP contribution is 2.19. The smallest absolute Gasteiger partial charge is 0.0552 e. The number of aliphatic hydroxyl groups is 1. The second-order valence-electron chi connectivity index (χ2n) is 4.73. The molecule has 0 amide bonds. The van der Waals surface area contributed by atoms with Crippen molar-refractivity contribution in [3.63, 3.8) is 0 Å². The van der Waals surface area contributed by atoms with Crippen LogP contribution in [-0.4, -0.2) is 35.7 Å². The molecule has 2 heteroatoms. The minimum atomic E-state index is -0.129. The molecule has 1 aliphatic heterocycles. The van der Waals surface area contributed by atoms with E-state index >= 15 is 0 Å². The van der Waals surface area contributed by atoms with E-state index < -0.39 is 0 Å². The lowest BCUT2D eigenvalue weighted by Crippen LogP contribution is -2.25. The number of nitrogens with zero attached hydrogens (tertiary/aromatic N) is 1. The third-order valence-electron chi connectivity index (χ3n) is 3.37. The number of allylic oxidation sites excluding steroid dienone is 1. The number of likely N-dealkylation sites (tertiary alicyclic amines) is 1. The van der Waals surface area contributed by atoms with Crippen LogP contribution in [0.5, 0.6) is 0 Å². The maximum absolute atomic E-state index is 9.47. The first kappa shape index (κ1) is 12.7. The van der Waals surface area contributed by atoms with Crippen LogP contribution in [0.25, 0.3) is 0 Å². The van der Waals surface area contributed by atoms with E-state index in [0.29, 0.717) is 5.92 Å². The quantitative estimate of drug-likeness (QED) is 0.516. The normalized spacial score (nSPS) is 24.3. The lowest BCUT2D eigenvalue weighted by Gasteiger charge is -2.16. The van der Waals surface area contributed by atoms with E-state index in [0.717, 1.165) is 13.0 Å². The first-order valence-electron chi connectivity index (χ1n) is 6.25. The summed E-state index contributed by atoms with van der Waals surface area (Å²) in [4.78, 5) is 2.49. The molecule has 1 rings (SSSR count). The summed E-state index contributed by atoms with van der Waals surface area (Å²) in [6, 6.07) is 0. The van der Waals surface area contributed by atoms with E-state index in [-0.39, 0.29) is 6.10 Å². The van der Waals surface area contributed by atoms with Crippen molar-refractivity contribution in [2.75, 3.05) is 19.6 Å². The fourth-order valence-corrected chi connectivity index (χ4v) is 2.26. The lowest BCUT2D eigenvalue weighted by molar-refractivity contribution is 0.127. The van der Waals surface area contributed by atoms with Crippen molar-refractivity contribution in [2.24, 2.45) is 5.92 Å². The van der Waals surface area contributed by atoms with Crippen molar-refractivity contribution in [1.29, 1.82) is 0 Å². The van der Waals surface area contributed by atoms with E-state index in [4.69, 9.17) is 0 Å². The third kappa shape index (κ3) is 4.80. The lowest BCUT2D eigenvalue weighted by atomic mass is 10.0. The maximum atomic E-state index is 9.47. The second kappa shape index (κ2) is 7.02. The van der Waals surface area contributed by atoms with Gasteiger partial charge in [-0.05, 0) is 51.6 Å². The van der Waals surface area contributed by atoms with Crippen molar-refractivity contribution in [3.8, 4) is 0 Å². The van der Waals surface area contributed by atoms with Gasteiger partial charge in [0.2, 0.25) is 0 Å². The molecule has 0 aromatic rings. The van der Waals surface area contributed by atoms with Gasteiger partial charge in [0.05, 0.1) is 6.10 Å². The van der Waals surface area contributed by atoms with Crippen LogP contribution < -0.4 is 0 Å². The Morgan fingerprint density at radius 1 is 1.47 bits per heavy atom. The average molecular weight is 211 g/mol. The summed E-state index contributed by atoms with van der Waals surface area (Å²) >= 11 is 0. The topological polar surface area (TPSA) is 23.5 Å². The molecule has 0 aromatic heterocycles. The van der Waals surface area contributed by atoms with Gasteiger partial charge in [-0.3, -0.25) is 0 Å². The number of hydrogen-bond acceptors (Lipinski definition) is 2. The Balaban J connectivity index is 2.01. The van der Waals surface area contributed by atoms with E-state index in [1.807, 2.05) is 13.0 Å². The molecule has 1 saturated heterocycles. The van der Waals surface area contributed by atoms with Gasteiger partial charge in [-0.1, -0.05) is 12.5 Å². The minimum Gasteiger partial charge on any atom is -0.393 e. The van der Waals surface area contributed by atoms with Gasteiger partial charge in [0.25, 0.3) is 0 Å². The Kier molecular flexibility index (Phi) is 5.96. The predicted octanol–water partition coefficient (Wildman–Crippen LogP) is 2.44. The van der Waals surface area contributed by atoms with Crippen molar-refractivity contribution in [3.05, 3.63) is 12.7 Å². The molecule has 0 spiro atoms. The fourth-order valence-electron chi connectivity index (χ4n) is 2.26. The zero-order chi connectivity index (χ0) is 11.1. The molecule has 88 valence electrons. The minimum absolute atomic E-state index is 0.129. The van der Waals surface area contributed by atoms with Crippen LogP contribution in [0.2, 0.25) is 0 Å². The predicted molar refractivity (Wildman–Crippen MR) is 64.9 cm³/mol. The van der Waals surface area contributed by atoms with Crippen LogP contribution >= 0.6 is 0 Å². The van der Waals surface area contributed by atoms with Gasteiger partial charge in [0.1, 0.15) is 0 Å². The van der Waals surface area contributed by atoms with Gasteiger partial charge in [-0.2, -0.15) is 0 Å². The Morgan fingerprint density at radius 2 is 2.27 bits per heavy atom. The highest BCUT2D eigenvalue weighted by Gasteiger charge is 2.25. The molecule has 2 nitrogen and oxygen atoms in total. The van der Waals surface area contributed by atoms with Gasteiger partial charge in [0.15, 0.2) is 0 Å². The van der Waals surface area contributed by atoms with Gasteiger partial charge >= 0.3 is 0 Å². The molecule has 1 fully saturated rings. The molecule has 0 aromatic carbocycles. The average Bonchev–Trinajstić information content (AvgIpc) is 2.66. The number of aliphatic hydroxyl groups excluding tert-OH is 1. The highest BCUT2D eigenvalue weighted by molar-refractivity contribution is 4.78. The Morgan fingerprint density at radius 3 is 2.87 bits per heavy atom. The summed E-state index contributed by atoms with van der Waals surface area (Å²) in [5.74, 6) is 0.512. The molecule has 1 N–H and O–H groups in total. The van der Waals surface area contributed by atoms with Crippen LogP contribution in [0.1, 0.15) is 39.0 Å². The Labute approximate surface area is 94.0 Å². The standard InChI is InChI=1S/C13H25NO/c1-3-4-5-6-7-9-14-10-8-13(11-14)12(2)15/h3,12-13,15H,1,4-11H2,2H3. The summed E-state index contributed by atoms with van der Waals surface area (Å²) < 4.78 is 0. The first-order chi connectivity index (χ1) is 7.24. The van der Waals surface area contributed by atoms with Crippen LogP contribution in [0.4, 0.5) is 0 Å². The molecule has 2 unspecified atom stereocenters. The molecule has 0 saturated carbocycles. The SMILES string of the molecule is C=CCCCCCN1CCC(C(C)O)C1. The van der Waals surface area contributed by atoms with Crippen molar-refractivity contribution in [2.45, 2.75) is 45.1 Å². The molecule has 2 atom stereocenters. The molecule has 0 aliphatic carbocycles. The van der Waals surface area contributed by atoms with E-state index in [1.165, 1.54) is 38.8 Å². The molecular formula is C13H25NO. The largest absolute Gasteiger partial charge is 0.393 e. The van der Waals surface area contributed by atoms with Crippen molar-refractivity contribution in [1.82, 2.24) is 4.90 Å². The monoisotopic (exact) mass is 211 g/mol. The summed E-state index contributed by atoms with van der Waals surface area (Å²) in [5.41, 5.74) is 0. The van der Waals surface area contributed by atoms with Crippen LogP contribution in [0, 0.1) is 5.92 Å². The zero-order valence-corrected chi connectivity index (χ0v) is 9.99. The summed E-state index contributed by atoms with van der Waals surface area (Å²) in [5, 5.41) is 9.47. The first-order valence-corrected chi connectivity index (χ1v) is 6.25. The van der Waals surface area contributed by atoms with Crippen molar-refractivity contribution < 1.29 is 5.11 Å². The van der Waals surface area contributed by atoms with Gasteiger partial charge in [-0.15, -0.1) is 6.58 Å². The molecule has 1 heterocycles. The zero-order valence-electron chi connectivity index (χ0n) is 9.99. The molecule has 0 radical (unpaired) electrons. The van der Waals surface area contributed by atoms with Crippen LogP contribution in [0.3, 0.4) is 0 Å². The Bertz CT molecular complexity index is 179. The molecule has 15 heavy (non-hydrogen) atoms. The van der Waals surface area contributed by atoms with Crippen molar-refractivity contribution >= 4 is 0 Å². The molecule has 0 bridgehead atoms. The van der Waals surface area contributed by atoms with E-state index in [9.17, 15) is 5.11 Å². The second-order valence-corrected chi connectivity index (χ2v) is 4.73. The van der Waals surface area contributed by atoms with Crippen LogP contribution in [0.15, 0.2) is 12.7 Å². The molecule has 1 aliphatic rings. The number of rotatable bonds is 7. The summed E-state index contributed by atoms with van der Waals surface area (Å²) in [7, 11) is 0. The summed E-state index contributed by atoms with van der Waals surface area (Å²) in [6.07, 6.45) is 8.06. The Hall–Kier alpha value is -0.340. The summed E-state index contributed by atoms with van der Waals surface area (Å²) in [6.45, 7) is 9.12. The van der Waals surface area contributed by atoms with Crippen LogP contribution in [-0.2, 0) is 0 Å². The van der Waals surface area contributed by atoms with Gasteiger partial charge in [-0.25, -0.2) is 0 Å². The third-order valence-corrected chi connectivity index (χ3v) is 3.37. The maximum Gasteiger partial charge on any atom is 0.0552 e. The molecular weight excluding hydrogens is 186 g/mol. The highest BCUT2D eigenvalue weighted by atomic mass is 16.3. The van der Waals surface area contributed by atoms with Gasteiger partial charge < -0.3 is 10.0 Å². The van der Waals surface area contributed by atoms with E-state index in [1.54, 1.807) is 0 Å².